The van der Waals surface area contributed by atoms with Gasteiger partial charge in [0.1, 0.15) is 0 Å². The first kappa shape index (κ1) is 8.53. The lowest BCUT2D eigenvalue weighted by atomic mass is 9.97. The van der Waals surface area contributed by atoms with Gasteiger partial charge in [0, 0.05) is 13.1 Å². The van der Waals surface area contributed by atoms with E-state index in [0.29, 0.717) is 11.8 Å². The van der Waals surface area contributed by atoms with Crippen molar-refractivity contribution in [1.82, 2.24) is 4.90 Å². The summed E-state index contributed by atoms with van der Waals surface area (Å²) in [6.45, 7) is 4.71. The van der Waals surface area contributed by atoms with Crippen molar-refractivity contribution < 1.29 is 0 Å². The minimum absolute atomic E-state index is 0.695. The van der Waals surface area contributed by atoms with Crippen molar-refractivity contribution in [3.8, 4) is 0 Å². The van der Waals surface area contributed by atoms with Crippen LogP contribution in [0.25, 0.3) is 0 Å². The smallest absolute Gasteiger partial charge is 0.0925 e. The quantitative estimate of drug-likeness (QED) is 0.431. The molecule has 1 aliphatic rings. The SMILES string of the molecule is CC(=N)N1CCC(CN)CC1. The monoisotopic (exact) mass is 155 g/mol. The van der Waals surface area contributed by atoms with E-state index in [1.165, 1.54) is 0 Å². The second kappa shape index (κ2) is 3.72. The van der Waals surface area contributed by atoms with Gasteiger partial charge in [0.25, 0.3) is 0 Å². The molecule has 0 spiro atoms. The van der Waals surface area contributed by atoms with Gasteiger partial charge in [0.05, 0.1) is 5.84 Å². The molecule has 1 heterocycles. The molecular formula is C8H17N3. The van der Waals surface area contributed by atoms with Crippen LogP contribution in [0.5, 0.6) is 0 Å². The molecule has 0 amide bonds. The zero-order valence-corrected chi connectivity index (χ0v) is 7.14. The summed E-state index contributed by atoms with van der Waals surface area (Å²) in [6.07, 6.45) is 2.32. The van der Waals surface area contributed by atoms with Crippen LogP contribution in [0.2, 0.25) is 0 Å². The molecule has 0 atom stereocenters. The number of nitrogens with one attached hydrogen (secondary N) is 1. The van der Waals surface area contributed by atoms with E-state index in [0.717, 1.165) is 32.5 Å². The van der Waals surface area contributed by atoms with Gasteiger partial charge < -0.3 is 10.6 Å². The lowest BCUT2D eigenvalue weighted by molar-refractivity contribution is 0.269. The maximum atomic E-state index is 7.41. The standard InChI is InChI=1S/C8H17N3/c1-7(10)11-4-2-8(6-9)3-5-11/h8,10H,2-6,9H2,1H3. The Hall–Kier alpha value is -0.570. The summed E-state index contributed by atoms with van der Waals surface area (Å²) in [4.78, 5) is 2.12. The van der Waals surface area contributed by atoms with E-state index < -0.39 is 0 Å². The summed E-state index contributed by atoms with van der Waals surface area (Å²) < 4.78 is 0. The summed E-state index contributed by atoms with van der Waals surface area (Å²) in [7, 11) is 0. The Labute approximate surface area is 68.1 Å². The molecule has 0 aromatic heterocycles. The van der Waals surface area contributed by atoms with Crippen LogP contribution < -0.4 is 5.73 Å². The first-order valence-corrected chi connectivity index (χ1v) is 4.24. The van der Waals surface area contributed by atoms with Gasteiger partial charge in [0.15, 0.2) is 0 Å². The summed E-state index contributed by atoms with van der Waals surface area (Å²) in [5, 5.41) is 7.41. The van der Waals surface area contributed by atoms with Gasteiger partial charge in [-0.05, 0) is 32.2 Å². The minimum atomic E-state index is 0.695. The molecule has 0 aromatic rings. The second-order valence-electron chi connectivity index (χ2n) is 3.25. The molecule has 0 unspecified atom stereocenters. The highest BCUT2D eigenvalue weighted by Gasteiger charge is 2.17. The molecule has 0 saturated carbocycles. The molecule has 3 N–H and O–H groups in total. The first-order chi connectivity index (χ1) is 5.24. The number of hydrogen-bond acceptors (Lipinski definition) is 2. The highest BCUT2D eigenvalue weighted by molar-refractivity contribution is 5.76. The average molecular weight is 155 g/mol. The van der Waals surface area contributed by atoms with E-state index in [2.05, 4.69) is 4.90 Å². The van der Waals surface area contributed by atoms with Crippen LogP contribution >= 0.6 is 0 Å². The molecule has 0 aromatic carbocycles. The molecule has 1 saturated heterocycles. The summed E-state index contributed by atoms with van der Waals surface area (Å²) >= 11 is 0. The van der Waals surface area contributed by atoms with Crippen molar-refractivity contribution in [3.05, 3.63) is 0 Å². The Morgan fingerprint density at radius 3 is 2.45 bits per heavy atom. The Bertz CT molecular complexity index is 136. The van der Waals surface area contributed by atoms with Crippen LogP contribution in [0.15, 0.2) is 0 Å². The molecule has 1 rings (SSSR count). The van der Waals surface area contributed by atoms with Crippen LogP contribution in [0, 0.1) is 11.3 Å². The third-order valence-electron chi connectivity index (χ3n) is 2.42. The number of rotatable bonds is 1. The van der Waals surface area contributed by atoms with E-state index in [4.69, 9.17) is 11.1 Å². The maximum Gasteiger partial charge on any atom is 0.0925 e. The maximum absolute atomic E-state index is 7.41. The summed E-state index contributed by atoms with van der Waals surface area (Å²) in [6, 6.07) is 0. The Balaban J connectivity index is 2.30. The fourth-order valence-corrected chi connectivity index (χ4v) is 1.50. The number of nitrogens with zero attached hydrogens (tertiary/aromatic N) is 1. The molecule has 0 aliphatic carbocycles. The number of likely N-dealkylation sites (tertiary alicyclic amines) is 1. The Kier molecular flexibility index (Phi) is 2.88. The van der Waals surface area contributed by atoms with Crippen molar-refractivity contribution in [1.29, 1.82) is 5.41 Å². The van der Waals surface area contributed by atoms with Crippen LogP contribution in [0.3, 0.4) is 0 Å². The highest BCUT2D eigenvalue weighted by Crippen LogP contribution is 2.15. The van der Waals surface area contributed by atoms with Gasteiger partial charge in [-0.25, -0.2) is 0 Å². The Morgan fingerprint density at radius 2 is 2.09 bits per heavy atom. The van der Waals surface area contributed by atoms with E-state index in [1.807, 2.05) is 6.92 Å². The van der Waals surface area contributed by atoms with Crippen molar-refractivity contribution in [2.24, 2.45) is 11.7 Å². The van der Waals surface area contributed by atoms with Crippen LogP contribution in [0.1, 0.15) is 19.8 Å². The third kappa shape index (κ3) is 2.19. The lowest BCUT2D eigenvalue weighted by Crippen LogP contribution is -2.38. The average Bonchev–Trinajstić information content (AvgIpc) is 2.05. The Morgan fingerprint density at radius 1 is 1.55 bits per heavy atom. The molecule has 64 valence electrons. The molecule has 0 bridgehead atoms. The summed E-state index contributed by atoms with van der Waals surface area (Å²) in [5.41, 5.74) is 5.55. The van der Waals surface area contributed by atoms with Crippen LogP contribution in [0.4, 0.5) is 0 Å². The topological polar surface area (TPSA) is 53.1 Å². The van der Waals surface area contributed by atoms with E-state index in [1.54, 1.807) is 0 Å². The van der Waals surface area contributed by atoms with E-state index in [-0.39, 0.29) is 0 Å². The van der Waals surface area contributed by atoms with Gasteiger partial charge in [0.2, 0.25) is 0 Å². The normalized spacial score (nSPS) is 20.4. The second-order valence-corrected chi connectivity index (χ2v) is 3.25. The van der Waals surface area contributed by atoms with Crippen LogP contribution in [-0.4, -0.2) is 30.4 Å². The van der Waals surface area contributed by atoms with Gasteiger partial charge in [-0.3, -0.25) is 5.41 Å². The molecule has 3 nitrogen and oxygen atoms in total. The van der Waals surface area contributed by atoms with Gasteiger partial charge in [-0.2, -0.15) is 0 Å². The number of hydrogen-bond donors (Lipinski definition) is 2. The highest BCUT2D eigenvalue weighted by atomic mass is 15.2. The largest absolute Gasteiger partial charge is 0.361 e. The van der Waals surface area contributed by atoms with Crippen molar-refractivity contribution in [2.45, 2.75) is 19.8 Å². The van der Waals surface area contributed by atoms with E-state index >= 15 is 0 Å². The van der Waals surface area contributed by atoms with Crippen molar-refractivity contribution in [2.75, 3.05) is 19.6 Å². The van der Waals surface area contributed by atoms with E-state index in [9.17, 15) is 0 Å². The lowest BCUT2D eigenvalue weighted by Gasteiger charge is -2.31. The molecular weight excluding hydrogens is 138 g/mol. The number of amidine groups is 1. The van der Waals surface area contributed by atoms with Gasteiger partial charge >= 0.3 is 0 Å². The number of nitrogens with two attached hydrogens (primary N) is 1. The van der Waals surface area contributed by atoms with Gasteiger partial charge in [-0.15, -0.1) is 0 Å². The first-order valence-electron chi connectivity index (χ1n) is 4.24. The zero-order valence-electron chi connectivity index (χ0n) is 7.14. The molecule has 0 radical (unpaired) electrons. The molecule has 3 heteroatoms. The van der Waals surface area contributed by atoms with Crippen molar-refractivity contribution >= 4 is 5.84 Å². The van der Waals surface area contributed by atoms with Crippen molar-refractivity contribution in [3.63, 3.8) is 0 Å². The van der Waals surface area contributed by atoms with Gasteiger partial charge in [-0.1, -0.05) is 0 Å². The van der Waals surface area contributed by atoms with Crippen LogP contribution in [-0.2, 0) is 0 Å². The molecule has 1 aliphatic heterocycles. The summed E-state index contributed by atoms with van der Waals surface area (Å²) in [5.74, 6) is 1.39. The molecule has 1 fully saturated rings. The predicted molar refractivity (Wildman–Crippen MR) is 46.8 cm³/mol. The zero-order chi connectivity index (χ0) is 8.27. The third-order valence-corrected chi connectivity index (χ3v) is 2.42. The fraction of sp³-hybridized carbons (Fsp3) is 0.875. The predicted octanol–water partition coefficient (Wildman–Crippen LogP) is 0.654. The minimum Gasteiger partial charge on any atom is -0.361 e. The fourth-order valence-electron chi connectivity index (χ4n) is 1.50. The number of piperidine rings is 1. The molecule has 11 heavy (non-hydrogen) atoms.